The molecule has 4 unspecified atom stereocenters. The van der Waals surface area contributed by atoms with Gasteiger partial charge < -0.3 is 25.6 Å². The summed E-state index contributed by atoms with van der Waals surface area (Å²) in [6.07, 6.45) is -1.38. The van der Waals surface area contributed by atoms with E-state index in [9.17, 15) is 19.0 Å². The highest BCUT2D eigenvalue weighted by molar-refractivity contribution is 5.81. The SMILES string of the molecule is Nc1ncnc2c1ncn2C1C(O)C(O)C(CO)C1(F)F. The summed E-state index contributed by atoms with van der Waals surface area (Å²) in [5, 5.41) is 28.7. The van der Waals surface area contributed by atoms with Crippen molar-refractivity contribution in [2.75, 3.05) is 12.3 Å². The Bertz CT molecular complexity index is 679. The van der Waals surface area contributed by atoms with Gasteiger partial charge >= 0.3 is 0 Å². The van der Waals surface area contributed by atoms with Gasteiger partial charge in [0, 0.05) is 0 Å². The molecule has 2 aromatic heterocycles. The minimum atomic E-state index is -3.54. The van der Waals surface area contributed by atoms with E-state index in [4.69, 9.17) is 10.8 Å². The topological polar surface area (TPSA) is 130 Å². The number of imidazole rings is 1. The number of halogens is 2. The van der Waals surface area contributed by atoms with Crippen LogP contribution in [0.5, 0.6) is 0 Å². The number of aromatic nitrogens is 4. The van der Waals surface area contributed by atoms with Crippen molar-refractivity contribution in [3.63, 3.8) is 0 Å². The van der Waals surface area contributed by atoms with E-state index in [0.717, 1.165) is 17.2 Å². The zero-order valence-electron chi connectivity index (χ0n) is 10.6. The molecule has 4 atom stereocenters. The Labute approximate surface area is 116 Å². The van der Waals surface area contributed by atoms with Crippen LogP contribution in [0, 0.1) is 5.92 Å². The first-order chi connectivity index (χ1) is 9.89. The van der Waals surface area contributed by atoms with E-state index >= 15 is 0 Å². The number of aliphatic hydroxyl groups excluding tert-OH is 3. The maximum Gasteiger partial charge on any atom is 0.278 e. The predicted molar refractivity (Wildman–Crippen MR) is 66.3 cm³/mol. The predicted octanol–water partition coefficient (Wildman–Crippen LogP) is -1.07. The smallest absolute Gasteiger partial charge is 0.278 e. The van der Waals surface area contributed by atoms with E-state index in [-0.39, 0.29) is 17.0 Å². The van der Waals surface area contributed by atoms with Crippen LogP contribution in [0.15, 0.2) is 12.7 Å². The van der Waals surface area contributed by atoms with Crippen molar-refractivity contribution in [1.82, 2.24) is 19.5 Å². The summed E-state index contributed by atoms with van der Waals surface area (Å²) in [7, 11) is 0. The number of alkyl halides is 2. The Morgan fingerprint density at radius 1 is 1.24 bits per heavy atom. The number of anilines is 1. The molecule has 0 bridgehead atoms. The first-order valence-electron chi connectivity index (χ1n) is 6.17. The zero-order chi connectivity index (χ0) is 15.4. The molecule has 1 saturated carbocycles. The van der Waals surface area contributed by atoms with Crippen molar-refractivity contribution in [2.24, 2.45) is 5.92 Å². The highest BCUT2D eigenvalue weighted by Gasteiger charge is 2.63. The van der Waals surface area contributed by atoms with Gasteiger partial charge in [0.05, 0.1) is 25.0 Å². The van der Waals surface area contributed by atoms with Gasteiger partial charge in [0.15, 0.2) is 11.5 Å². The highest BCUT2D eigenvalue weighted by atomic mass is 19.3. The fourth-order valence-electron chi connectivity index (χ4n) is 2.75. The van der Waals surface area contributed by atoms with Gasteiger partial charge in [-0.2, -0.15) is 0 Å². The van der Waals surface area contributed by atoms with Crippen LogP contribution in [0.3, 0.4) is 0 Å². The minimum Gasteiger partial charge on any atom is -0.396 e. The molecule has 1 aliphatic carbocycles. The number of nitrogens with two attached hydrogens (primary N) is 1. The molecule has 10 heteroatoms. The summed E-state index contributed by atoms with van der Waals surface area (Å²) >= 11 is 0. The fourth-order valence-corrected chi connectivity index (χ4v) is 2.75. The lowest BCUT2D eigenvalue weighted by Gasteiger charge is -2.25. The normalized spacial score (nSPS) is 31.9. The molecule has 3 rings (SSSR count). The average molecular weight is 301 g/mol. The second-order valence-corrected chi connectivity index (χ2v) is 4.97. The molecule has 0 spiro atoms. The summed E-state index contributed by atoms with van der Waals surface area (Å²) in [6, 6.07) is -1.80. The first-order valence-corrected chi connectivity index (χ1v) is 6.17. The molecule has 5 N–H and O–H groups in total. The number of aliphatic hydroxyl groups is 3. The highest BCUT2D eigenvalue weighted by Crippen LogP contribution is 2.48. The molecule has 2 aromatic rings. The molecule has 114 valence electrons. The summed E-state index contributed by atoms with van der Waals surface area (Å²) in [5.41, 5.74) is 5.74. The molecule has 21 heavy (non-hydrogen) atoms. The van der Waals surface area contributed by atoms with Gasteiger partial charge in [-0.3, -0.25) is 0 Å². The van der Waals surface area contributed by atoms with Gasteiger partial charge in [0.2, 0.25) is 0 Å². The van der Waals surface area contributed by atoms with Crippen LogP contribution in [-0.4, -0.2) is 59.6 Å². The summed E-state index contributed by atoms with van der Waals surface area (Å²) in [6.45, 7) is -0.953. The van der Waals surface area contributed by atoms with Gasteiger partial charge in [-0.15, -0.1) is 0 Å². The molecule has 0 aromatic carbocycles. The van der Waals surface area contributed by atoms with Crippen molar-refractivity contribution in [1.29, 1.82) is 0 Å². The van der Waals surface area contributed by atoms with Gasteiger partial charge in [-0.05, 0) is 0 Å². The molecule has 0 saturated heterocycles. The Morgan fingerprint density at radius 3 is 2.57 bits per heavy atom. The third-order valence-corrected chi connectivity index (χ3v) is 3.86. The van der Waals surface area contributed by atoms with Gasteiger partial charge in [0.25, 0.3) is 5.92 Å². The van der Waals surface area contributed by atoms with Crippen LogP contribution in [0.25, 0.3) is 11.2 Å². The Kier molecular flexibility index (Phi) is 3.04. The van der Waals surface area contributed by atoms with Crippen molar-refractivity contribution < 1.29 is 24.1 Å². The van der Waals surface area contributed by atoms with Crippen molar-refractivity contribution in [3.05, 3.63) is 12.7 Å². The van der Waals surface area contributed by atoms with Crippen LogP contribution in [0.2, 0.25) is 0 Å². The zero-order valence-corrected chi connectivity index (χ0v) is 10.6. The van der Waals surface area contributed by atoms with E-state index in [1.807, 2.05) is 0 Å². The molecule has 1 fully saturated rings. The summed E-state index contributed by atoms with van der Waals surface area (Å²) in [4.78, 5) is 11.4. The van der Waals surface area contributed by atoms with Crippen LogP contribution in [0.1, 0.15) is 6.04 Å². The standard InChI is InChI=1S/C11H13F2N5O3/c12-11(13)4(1-19)6(20)7(21)8(11)18-3-17-5-9(14)15-2-16-10(5)18/h2-4,6-8,19-21H,1H2,(H2,14,15,16). The minimum absolute atomic E-state index is 0.0220. The van der Waals surface area contributed by atoms with Crippen LogP contribution < -0.4 is 5.73 Å². The van der Waals surface area contributed by atoms with Crippen molar-refractivity contribution in [2.45, 2.75) is 24.2 Å². The largest absolute Gasteiger partial charge is 0.396 e. The number of fused-ring (bicyclic) bond motifs is 1. The first kappa shape index (κ1) is 14.0. The quantitative estimate of drug-likeness (QED) is 0.555. The average Bonchev–Trinajstić information content (AvgIpc) is 2.90. The Morgan fingerprint density at radius 2 is 1.95 bits per heavy atom. The Balaban J connectivity index is 2.16. The molecule has 0 amide bonds. The second-order valence-electron chi connectivity index (χ2n) is 4.97. The molecule has 8 nitrogen and oxygen atoms in total. The maximum atomic E-state index is 14.4. The van der Waals surface area contributed by atoms with E-state index < -0.39 is 36.7 Å². The molecule has 2 heterocycles. The van der Waals surface area contributed by atoms with E-state index in [0.29, 0.717) is 0 Å². The molecular weight excluding hydrogens is 288 g/mol. The van der Waals surface area contributed by atoms with Gasteiger partial charge in [-0.1, -0.05) is 0 Å². The molecule has 1 aliphatic rings. The third-order valence-electron chi connectivity index (χ3n) is 3.86. The third kappa shape index (κ3) is 1.79. The monoisotopic (exact) mass is 301 g/mol. The molecule has 0 radical (unpaired) electrons. The van der Waals surface area contributed by atoms with E-state index in [2.05, 4.69) is 15.0 Å². The van der Waals surface area contributed by atoms with E-state index in [1.54, 1.807) is 0 Å². The number of hydrogen-bond acceptors (Lipinski definition) is 7. The lowest BCUT2D eigenvalue weighted by molar-refractivity contribution is -0.101. The van der Waals surface area contributed by atoms with Crippen LogP contribution >= 0.6 is 0 Å². The lowest BCUT2D eigenvalue weighted by Crippen LogP contribution is -2.36. The summed E-state index contributed by atoms with van der Waals surface area (Å²) < 4.78 is 29.7. The van der Waals surface area contributed by atoms with Crippen molar-refractivity contribution >= 4 is 17.0 Å². The second kappa shape index (κ2) is 4.55. The summed E-state index contributed by atoms with van der Waals surface area (Å²) in [5.74, 6) is -5.29. The number of rotatable bonds is 2. The van der Waals surface area contributed by atoms with Gasteiger partial charge in [-0.25, -0.2) is 23.7 Å². The molecular formula is C11H13F2N5O3. The van der Waals surface area contributed by atoms with Gasteiger partial charge in [0.1, 0.15) is 24.0 Å². The van der Waals surface area contributed by atoms with E-state index in [1.165, 1.54) is 0 Å². The number of nitrogen functional groups attached to an aromatic ring is 1. The lowest BCUT2D eigenvalue weighted by atomic mass is 10.0. The fraction of sp³-hybridized carbons (Fsp3) is 0.545. The Hall–Kier alpha value is -1.91. The number of hydrogen-bond donors (Lipinski definition) is 4. The maximum absolute atomic E-state index is 14.4. The van der Waals surface area contributed by atoms with Crippen LogP contribution in [-0.2, 0) is 0 Å². The van der Waals surface area contributed by atoms with Crippen LogP contribution in [0.4, 0.5) is 14.6 Å². The molecule has 0 aliphatic heterocycles. The van der Waals surface area contributed by atoms with Crippen molar-refractivity contribution in [3.8, 4) is 0 Å². The number of nitrogens with zero attached hydrogens (tertiary/aromatic N) is 4.